The minimum atomic E-state index is -2.08. The molecule has 0 aliphatic heterocycles. The van der Waals surface area contributed by atoms with Crippen LogP contribution >= 0.6 is 0 Å². The summed E-state index contributed by atoms with van der Waals surface area (Å²) in [6.07, 6.45) is 0. The van der Waals surface area contributed by atoms with Gasteiger partial charge in [-0.05, 0) is 0 Å². The van der Waals surface area contributed by atoms with Crippen molar-refractivity contribution in [1.29, 1.82) is 0 Å². The second-order valence-electron chi connectivity index (χ2n) is 2.67. The number of para-hydroxylation sites is 1. The Hall–Kier alpha value is -0.975. The predicted molar refractivity (Wildman–Crippen MR) is 44.5 cm³/mol. The molecule has 0 bridgehead atoms. The maximum absolute atomic E-state index is 10.6. The molecular weight excluding hydrogens is 375 g/mol. The van der Waals surface area contributed by atoms with E-state index in [2.05, 4.69) is 0 Å². The summed E-state index contributed by atoms with van der Waals surface area (Å²) in [6, 6.07) is 6.40. The summed E-state index contributed by atoms with van der Waals surface area (Å²) >= 11 is -2.08. The van der Waals surface area contributed by atoms with Gasteiger partial charge in [0.1, 0.15) is 0 Å². The molecule has 0 heterocycles. The van der Waals surface area contributed by atoms with Crippen LogP contribution < -0.4 is 3.07 Å². The van der Waals surface area contributed by atoms with E-state index in [1.807, 2.05) is 0 Å². The maximum atomic E-state index is 10.6. The third-order valence-corrected chi connectivity index (χ3v) is 7.29. The summed E-state index contributed by atoms with van der Waals surface area (Å²) in [7, 11) is 0. The van der Waals surface area contributed by atoms with Gasteiger partial charge in [-0.15, -0.1) is 0 Å². The van der Waals surface area contributed by atoms with Gasteiger partial charge < -0.3 is 0 Å². The van der Waals surface area contributed by atoms with Crippen molar-refractivity contribution in [3.05, 3.63) is 34.4 Å². The molecule has 1 aromatic carbocycles. The summed E-state index contributed by atoms with van der Waals surface area (Å²) in [4.78, 5) is 20.7. The fourth-order valence-corrected chi connectivity index (χ4v) is 4.82. The topological polar surface area (TPSA) is 69.4 Å². The summed E-state index contributed by atoms with van der Waals surface area (Å²) < 4.78 is 5.52. The second-order valence-corrected chi connectivity index (χ2v) is 7.87. The molecule has 0 aliphatic carbocycles. The molecular formula is C8H7HgNO4. The van der Waals surface area contributed by atoms with Gasteiger partial charge in [-0.2, -0.15) is 0 Å². The molecule has 0 aromatic heterocycles. The van der Waals surface area contributed by atoms with E-state index < -0.39 is 30.0 Å². The van der Waals surface area contributed by atoms with Crippen LogP contribution in [-0.2, 0) is 32.5 Å². The zero-order chi connectivity index (χ0) is 10.6. The zero-order valence-electron chi connectivity index (χ0n) is 7.60. The Bertz CT molecular complexity index is 366. The Morgan fingerprint density at radius 3 is 2.71 bits per heavy atom. The summed E-state index contributed by atoms with van der Waals surface area (Å²) in [5.74, 6) is -0.357. The van der Waals surface area contributed by atoms with E-state index in [0.29, 0.717) is 3.07 Å². The fraction of sp³-hybridized carbons (Fsp3) is 0.125. The number of hydrogen-bond donors (Lipinski definition) is 0. The van der Waals surface area contributed by atoms with Gasteiger partial charge in [0.25, 0.3) is 0 Å². The van der Waals surface area contributed by atoms with E-state index in [-0.39, 0.29) is 11.7 Å². The number of nitrogens with zero attached hydrogens (tertiary/aromatic N) is 1. The Labute approximate surface area is 93.3 Å². The average Bonchev–Trinajstić information content (AvgIpc) is 2.15. The van der Waals surface area contributed by atoms with Crippen molar-refractivity contribution >= 4 is 14.7 Å². The van der Waals surface area contributed by atoms with Gasteiger partial charge in [0.2, 0.25) is 0 Å². The van der Waals surface area contributed by atoms with Gasteiger partial charge in [-0.3, -0.25) is 0 Å². The van der Waals surface area contributed by atoms with Crippen molar-refractivity contribution in [2.75, 3.05) is 0 Å². The summed E-state index contributed by atoms with van der Waals surface area (Å²) in [6.45, 7) is 1.31. The van der Waals surface area contributed by atoms with E-state index in [4.69, 9.17) is 2.64 Å². The summed E-state index contributed by atoms with van der Waals surface area (Å²) in [5.41, 5.74) is 0.0652. The fourth-order valence-electron chi connectivity index (χ4n) is 0.990. The van der Waals surface area contributed by atoms with Gasteiger partial charge >= 0.3 is 93.4 Å². The number of nitro groups is 1. The van der Waals surface area contributed by atoms with Crippen molar-refractivity contribution < 1.29 is 37.4 Å². The first kappa shape index (κ1) is 11.1. The number of hydrogen-bond acceptors (Lipinski definition) is 4. The van der Waals surface area contributed by atoms with Crippen LogP contribution in [0.25, 0.3) is 0 Å². The first-order valence-electron chi connectivity index (χ1n) is 3.97. The van der Waals surface area contributed by atoms with Crippen LogP contribution in [0.2, 0.25) is 0 Å². The number of benzene rings is 1. The van der Waals surface area contributed by atoms with Crippen LogP contribution in [0, 0.1) is 10.1 Å². The number of nitro benzene ring substituents is 1. The molecule has 1 aromatic rings. The third-order valence-electron chi connectivity index (χ3n) is 1.62. The molecule has 0 fully saturated rings. The van der Waals surface area contributed by atoms with E-state index >= 15 is 0 Å². The quantitative estimate of drug-likeness (QED) is 0.441. The zero-order valence-corrected chi connectivity index (χ0v) is 13.1. The van der Waals surface area contributed by atoms with Crippen LogP contribution in [0.5, 0.6) is 0 Å². The Balaban J connectivity index is 2.84. The molecule has 5 nitrogen and oxygen atoms in total. The number of carbonyl (C=O) groups excluding carboxylic acids is 1. The van der Waals surface area contributed by atoms with Gasteiger partial charge in [0.15, 0.2) is 0 Å². The average molecular weight is 382 g/mol. The van der Waals surface area contributed by atoms with Crippen LogP contribution in [0.15, 0.2) is 24.3 Å². The van der Waals surface area contributed by atoms with Crippen LogP contribution in [0.1, 0.15) is 6.92 Å². The van der Waals surface area contributed by atoms with Gasteiger partial charge in [-0.1, -0.05) is 0 Å². The van der Waals surface area contributed by atoms with Gasteiger partial charge in [0.05, 0.1) is 0 Å². The first-order chi connectivity index (χ1) is 6.61. The van der Waals surface area contributed by atoms with E-state index in [0.717, 1.165) is 0 Å². The van der Waals surface area contributed by atoms with E-state index in [9.17, 15) is 14.9 Å². The Morgan fingerprint density at radius 1 is 1.50 bits per heavy atom. The second kappa shape index (κ2) is 5.04. The molecule has 0 atom stereocenters. The molecule has 1 rings (SSSR count). The van der Waals surface area contributed by atoms with E-state index in [1.54, 1.807) is 18.2 Å². The summed E-state index contributed by atoms with van der Waals surface area (Å²) in [5, 5.41) is 10.6. The minimum absolute atomic E-state index is 0.0652. The molecule has 0 unspecified atom stereocenters. The molecule has 70 valence electrons. The number of carbonyl (C=O) groups is 1. The molecule has 0 saturated heterocycles. The van der Waals surface area contributed by atoms with E-state index in [1.165, 1.54) is 13.0 Å². The number of rotatable bonds is 3. The molecule has 0 amide bonds. The van der Waals surface area contributed by atoms with Gasteiger partial charge in [-0.25, -0.2) is 0 Å². The Morgan fingerprint density at radius 2 is 2.14 bits per heavy atom. The SMILES string of the molecule is CC(=O)[O][Hg][c]1ccccc1[N+](=O)[O-]. The van der Waals surface area contributed by atoms with Crippen molar-refractivity contribution in [2.24, 2.45) is 0 Å². The van der Waals surface area contributed by atoms with Crippen LogP contribution in [0.4, 0.5) is 5.69 Å². The third kappa shape index (κ3) is 3.06. The molecule has 0 radical (unpaired) electrons. The first-order valence-corrected chi connectivity index (χ1v) is 8.96. The van der Waals surface area contributed by atoms with Crippen molar-refractivity contribution in [3.8, 4) is 0 Å². The Kier molecular flexibility index (Phi) is 4.00. The normalized spacial score (nSPS) is 8.93. The molecule has 0 saturated carbocycles. The standard InChI is InChI=1S/C6H4NO2.C2H4O2.Hg/c8-7(9)6-4-2-1-3-5-6;1-2(3)4;/h1-4H;1H3,(H,3,4);/q;;+1/p-1. The van der Waals surface area contributed by atoms with Crippen molar-refractivity contribution in [2.45, 2.75) is 6.92 Å². The van der Waals surface area contributed by atoms with Crippen LogP contribution in [0.3, 0.4) is 0 Å². The molecule has 0 aliphatic rings. The molecule has 6 heteroatoms. The van der Waals surface area contributed by atoms with Gasteiger partial charge in [0, 0.05) is 0 Å². The molecule has 0 spiro atoms. The van der Waals surface area contributed by atoms with Crippen molar-refractivity contribution in [3.63, 3.8) is 0 Å². The molecule has 14 heavy (non-hydrogen) atoms. The van der Waals surface area contributed by atoms with Crippen molar-refractivity contribution in [1.82, 2.24) is 0 Å². The predicted octanol–water partition coefficient (Wildman–Crippen LogP) is 0.781. The monoisotopic (exact) mass is 383 g/mol. The molecule has 0 N–H and O–H groups in total. The van der Waals surface area contributed by atoms with Crippen LogP contribution in [-0.4, -0.2) is 10.9 Å².